The van der Waals surface area contributed by atoms with Crippen LogP contribution >= 0.6 is 15.6 Å². The highest BCUT2D eigenvalue weighted by molar-refractivity contribution is 7.58. The molecule has 1 aromatic carbocycles. The van der Waals surface area contributed by atoms with Gasteiger partial charge in [0, 0.05) is 0 Å². The van der Waals surface area contributed by atoms with Crippen molar-refractivity contribution in [1.82, 2.24) is 0 Å². The first-order valence-corrected chi connectivity index (χ1v) is 10.8. The molecule has 1 aromatic rings. The molecule has 0 radical (unpaired) electrons. The molecule has 152 valence electrons. The summed E-state index contributed by atoms with van der Waals surface area (Å²) in [5.41, 5.74) is 1.76. The van der Waals surface area contributed by atoms with Crippen LogP contribution < -0.4 is 19.4 Å². The number of ether oxygens (including phenoxy) is 1. The first kappa shape index (κ1) is 23.7. The number of allylic oxidation sites excluding steroid dienone is 2. The van der Waals surface area contributed by atoms with Crippen LogP contribution in [-0.2, 0) is 18.0 Å². The SMILES string of the molecule is C/C(=C\COP(=O)([O-])OP(=O)([O-])[O-])CC/C=C(\C)COc1ccc(F)cc1. The zero-order valence-electron chi connectivity index (χ0n) is 14.8. The Kier molecular flexibility index (Phi) is 9.56. The molecule has 0 N–H and O–H groups in total. The van der Waals surface area contributed by atoms with E-state index < -0.39 is 22.3 Å². The third kappa shape index (κ3) is 11.9. The Morgan fingerprint density at radius 2 is 1.70 bits per heavy atom. The van der Waals surface area contributed by atoms with Crippen LogP contribution in [0.15, 0.2) is 47.6 Å². The molecule has 0 aromatic heterocycles. The van der Waals surface area contributed by atoms with Gasteiger partial charge in [0.1, 0.15) is 18.2 Å². The van der Waals surface area contributed by atoms with Gasteiger partial charge in [0.2, 0.25) is 0 Å². The average molecular weight is 421 g/mol. The van der Waals surface area contributed by atoms with Gasteiger partial charge < -0.3 is 28.5 Å². The van der Waals surface area contributed by atoms with Crippen molar-refractivity contribution in [1.29, 1.82) is 0 Å². The highest BCUT2D eigenvalue weighted by Gasteiger charge is 2.10. The maximum atomic E-state index is 12.8. The van der Waals surface area contributed by atoms with Crippen LogP contribution in [-0.4, -0.2) is 13.2 Å². The summed E-state index contributed by atoms with van der Waals surface area (Å²) in [6.45, 7) is 3.52. The van der Waals surface area contributed by atoms with Gasteiger partial charge in [-0.1, -0.05) is 17.7 Å². The molecule has 0 fully saturated rings. The second kappa shape index (κ2) is 10.9. The molecule has 8 nitrogen and oxygen atoms in total. The van der Waals surface area contributed by atoms with Crippen LogP contribution in [0.5, 0.6) is 5.75 Å². The number of benzene rings is 1. The second-order valence-electron chi connectivity index (χ2n) is 5.65. The van der Waals surface area contributed by atoms with E-state index in [1.54, 1.807) is 6.92 Å². The Balaban J connectivity index is 2.33. The van der Waals surface area contributed by atoms with Crippen molar-refractivity contribution in [3.63, 3.8) is 0 Å². The van der Waals surface area contributed by atoms with Crippen LogP contribution in [0.25, 0.3) is 0 Å². The molecule has 11 heteroatoms. The minimum Gasteiger partial charge on any atom is -0.790 e. The van der Waals surface area contributed by atoms with E-state index in [0.29, 0.717) is 25.2 Å². The topological polar surface area (TPSA) is 131 Å². The fraction of sp³-hybridized carbons (Fsp3) is 0.375. The average Bonchev–Trinajstić information content (AvgIpc) is 2.52. The van der Waals surface area contributed by atoms with Crippen molar-refractivity contribution in [2.75, 3.05) is 13.2 Å². The Morgan fingerprint density at radius 3 is 2.30 bits per heavy atom. The molecule has 0 aliphatic heterocycles. The summed E-state index contributed by atoms with van der Waals surface area (Å²) in [5.74, 6) is 0.221. The van der Waals surface area contributed by atoms with Gasteiger partial charge in [0.25, 0.3) is 7.82 Å². The van der Waals surface area contributed by atoms with Crippen LogP contribution in [0.1, 0.15) is 26.7 Å². The Hall–Kier alpha value is -1.31. The fourth-order valence-electron chi connectivity index (χ4n) is 1.85. The lowest BCUT2D eigenvalue weighted by Crippen LogP contribution is -2.19. The molecular weight excluding hydrogens is 401 g/mol. The van der Waals surface area contributed by atoms with Crippen molar-refractivity contribution in [3.8, 4) is 5.75 Å². The molecule has 0 bridgehead atoms. The van der Waals surface area contributed by atoms with Crippen LogP contribution in [0.2, 0.25) is 0 Å². The molecule has 0 aliphatic carbocycles. The summed E-state index contributed by atoms with van der Waals surface area (Å²) < 4.78 is 47.2. The van der Waals surface area contributed by atoms with Gasteiger partial charge in [-0.15, -0.1) is 0 Å². The highest BCUT2D eigenvalue weighted by atomic mass is 31.3. The predicted octanol–water partition coefficient (Wildman–Crippen LogP) is 2.21. The summed E-state index contributed by atoms with van der Waals surface area (Å²) in [5, 5.41) is 0. The number of phosphoric ester groups is 1. The maximum Gasteiger partial charge on any atom is 0.272 e. The molecule has 0 saturated heterocycles. The van der Waals surface area contributed by atoms with E-state index >= 15 is 0 Å². The second-order valence-corrected chi connectivity index (χ2v) is 8.35. The van der Waals surface area contributed by atoms with Crippen LogP contribution in [0.3, 0.4) is 0 Å². The number of rotatable bonds is 11. The Bertz CT molecular complexity index is 754. The van der Waals surface area contributed by atoms with E-state index in [-0.39, 0.29) is 5.82 Å². The largest absolute Gasteiger partial charge is 0.790 e. The smallest absolute Gasteiger partial charge is 0.272 e. The predicted molar refractivity (Wildman–Crippen MR) is 90.9 cm³/mol. The van der Waals surface area contributed by atoms with Gasteiger partial charge in [-0.25, -0.2) is 4.39 Å². The normalized spacial score (nSPS) is 15.5. The van der Waals surface area contributed by atoms with Crippen molar-refractivity contribution in [2.45, 2.75) is 26.7 Å². The molecule has 0 spiro atoms. The number of hydrogen-bond acceptors (Lipinski definition) is 8. The molecule has 1 atom stereocenters. The summed E-state index contributed by atoms with van der Waals surface area (Å²) in [6, 6.07) is 5.69. The summed E-state index contributed by atoms with van der Waals surface area (Å²) >= 11 is 0. The fourth-order valence-corrected chi connectivity index (χ4v) is 3.28. The first-order valence-electron chi connectivity index (χ1n) is 7.85. The van der Waals surface area contributed by atoms with Crippen LogP contribution in [0, 0.1) is 5.82 Å². The molecular formula is C16H20FO8P2-3. The van der Waals surface area contributed by atoms with E-state index in [2.05, 4.69) is 8.83 Å². The zero-order valence-corrected chi connectivity index (χ0v) is 16.6. The van der Waals surface area contributed by atoms with E-state index in [9.17, 15) is 28.2 Å². The van der Waals surface area contributed by atoms with Crippen molar-refractivity contribution >= 4 is 15.6 Å². The lowest BCUT2D eigenvalue weighted by molar-refractivity contribution is -0.339. The number of halogens is 1. The van der Waals surface area contributed by atoms with Crippen molar-refractivity contribution in [2.24, 2.45) is 0 Å². The van der Waals surface area contributed by atoms with Gasteiger partial charge in [-0.05, 0) is 56.5 Å². The van der Waals surface area contributed by atoms with Crippen molar-refractivity contribution < 1.29 is 41.8 Å². The van der Waals surface area contributed by atoms with Crippen LogP contribution in [0.4, 0.5) is 4.39 Å². The van der Waals surface area contributed by atoms with E-state index in [0.717, 1.165) is 11.1 Å². The number of hydrogen-bond donors (Lipinski definition) is 0. The monoisotopic (exact) mass is 421 g/mol. The van der Waals surface area contributed by atoms with Gasteiger partial charge in [-0.3, -0.25) is 8.88 Å². The lowest BCUT2D eigenvalue weighted by atomic mass is 10.1. The molecule has 1 unspecified atom stereocenters. The summed E-state index contributed by atoms with van der Waals surface area (Å²) in [7, 11) is -10.9. The molecule has 0 saturated carbocycles. The quantitative estimate of drug-likeness (QED) is 0.393. The molecule has 27 heavy (non-hydrogen) atoms. The third-order valence-corrected chi connectivity index (χ3v) is 5.24. The zero-order chi connectivity index (χ0) is 20.5. The minimum absolute atomic E-state index is 0.337. The Morgan fingerprint density at radius 1 is 1.07 bits per heavy atom. The molecule has 0 heterocycles. The van der Waals surface area contributed by atoms with E-state index in [4.69, 9.17) is 4.74 Å². The van der Waals surface area contributed by atoms with Crippen molar-refractivity contribution in [3.05, 3.63) is 53.4 Å². The minimum atomic E-state index is -5.67. The Labute approximate surface area is 157 Å². The lowest BCUT2D eigenvalue weighted by Gasteiger charge is -2.34. The van der Waals surface area contributed by atoms with Gasteiger partial charge in [-0.2, -0.15) is 0 Å². The van der Waals surface area contributed by atoms with E-state index in [1.165, 1.54) is 30.3 Å². The molecule has 1 rings (SSSR count). The summed E-state index contributed by atoms with van der Waals surface area (Å²) in [6.07, 6.45) is 4.63. The standard InChI is InChI=1S/C16H23FO8P2/c1-13(10-11-24-27(21,22)25-26(18,19)20)4-3-5-14(2)12-23-16-8-6-15(17)7-9-16/h5-10H,3-4,11-12H2,1-2H3,(H,21,22)(H2,18,19,20)/p-3/b13-10+,14-5+. The number of phosphoric acid groups is 2. The summed E-state index contributed by atoms with van der Waals surface area (Å²) in [4.78, 5) is 31.6. The van der Waals surface area contributed by atoms with E-state index in [1.807, 2.05) is 13.0 Å². The first-order chi connectivity index (χ1) is 12.5. The maximum absolute atomic E-state index is 12.8. The molecule has 0 aliphatic rings. The third-order valence-electron chi connectivity index (χ3n) is 3.18. The molecule has 0 amide bonds. The van der Waals surface area contributed by atoms with Gasteiger partial charge in [0.05, 0.1) is 14.4 Å². The highest BCUT2D eigenvalue weighted by Crippen LogP contribution is 2.50. The van der Waals surface area contributed by atoms with Gasteiger partial charge in [0.15, 0.2) is 0 Å². The van der Waals surface area contributed by atoms with Gasteiger partial charge >= 0.3 is 0 Å².